The molecule has 2 heterocycles. The average molecular weight is 386 g/mol. The number of nitrogens with one attached hydrogen (secondary N) is 2. The van der Waals surface area contributed by atoms with E-state index in [0.29, 0.717) is 5.65 Å². The Hall–Kier alpha value is -3.50. The molecular formula is C18H18N4O6. The number of amides is 1. The Balaban J connectivity index is 1.57. The van der Waals surface area contributed by atoms with Crippen LogP contribution in [0.4, 0.5) is 10.5 Å². The fraction of sp³-hybridized carbons (Fsp3) is 0.222. The summed E-state index contributed by atoms with van der Waals surface area (Å²) in [5.74, 6) is 0. The molecule has 1 amide bonds. The van der Waals surface area contributed by atoms with Crippen molar-refractivity contribution in [2.45, 2.75) is 18.8 Å². The molecule has 0 radical (unpaired) electrons. The minimum atomic E-state index is -1.40. The zero-order valence-electron chi connectivity index (χ0n) is 14.6. The van der Waals surface area contributed by atoms with E-state index >= 15 is 0 Å². The van der Waals surface area contributed by atoms with Gasteiger partial charge in [0, 0.05) is 18.3 Å². The number of benzene rings is 1. The van der Waals surface area contributed by atoms with Gasteiger partial charge in [0.1, 0.15) is 24.5 Å². The highest BCUT2D eigenvalue weighted by molar-refractivity contribution is 5.86. The topological polar surface area (TPSA) is 151 Å². The second-order valence-corrected chi connectivity index (χ2v) is 6.05. The number of carbonyl (C=O) groups excluding carboxylic acids is 1. The van der Waals surface area contributed by atoms with Crippen molar-refractivity contribution >= 4 is 22.8 Å². The van der Waals surface area contributed by atoms with Crippen LogP contribution in [0.2, 0.25) is 0 Å². The molecule has 0 fully saturated rings. The van der Waals surface area contributed by atoms with E-state index in [0.717, 1.165) is 5.56 Å². The number of pyridine rings is 1. The SMILES string of the molecule is O=C(NCC(O)C(O)c1cnc2[nH]cc([N+](=O)[O-])c2c1)OCc1ccccc1. The monoisotopic (exact) mass is 386 g/mol. The first kappa shape index (κ1) is 19.3. The van der Waals surface area contributed by atoms with E-state index in [1.165, 1.54) is 18.5 Å². The van der Waals surface area contributed by atoms with Gasteiger partial charge in [-0.1, -0.05) is 30.3 Å². The Kier molecular flexibility index (Phi) is 5.82. The molecule has 0 aliphatic rings. The third-order valence-electron chi connectivity index (χ3n) is 4.10. The summed E-state index contributed by atoms with van der Waals surface area (Å²) in [6.45, 7) is -0.203. The van der Waals surface area contributed by atoms with Gasteiger partial charge in [0.05, 0.1) is 16.5 Å². The second kappa shape index (κ2) is 8.46. The molecule has 28 heavy (non-hydrogen) atoms. The lowest BCUT2D eigenvalue weighted by Gasteiger charge is -2.18. The van der Waals surface area contributed by atoms with Crippen LogP contribution in [0, 0.1) is 10.1 Å². The molecule has 2 unspecified atom stereocenters. The first-order valence-electron chi connectivity index (χ1n) is 8.38. The zero-order chi connectivity index (χ0) is 20.1. The number of aromatic amines is 1. The van der Waals surface area contributed by atoms with Crippen molar-refractivity contribution in [1.82, 2.24) is 15.3 Å². The summed E-state index contributed by atoms with van der Waals surface area (Å²) in [4.78, 5) is 28.8. The maximum Gasteiger partial charge on any atom is 0.407 e. The Bertz CT molecular complexity index is 975. The summed E-state index contributed by atoms with van der Waals surface area (Å²) in [5, 5.41) is 34.0. The van der Waals surface area contributed by atoms with Crippen molar-refractivity contribution in [2.75, 3.05) is 6.54 Å². The van der Waals surface area contributed by atoms with Gasteiger partial charge in [-0.15, -0.1) is 0 Å². The summed E-state index contributed by atoms with van der Waals surface area (Å²) >= 11 is 0. The van der Waals surface area contributed by atoms with Crippen molar-refractivity contribution in [1.29, 1.82) is 0 Å². The van der Waals surface area contributed by atoms with Crippen molar-refractivity contribution < 1.29 is 24.7 Å². The molecule has 0 aliphatic heterocycles. The number of aliphatic hydroxyl groups is 2. The molecule has 10 nitrogen and oxygen atoms in total. The van der Waals surface area contributed by atoms with Gasteiger partial charge in [-0.3, -0.25) is 10.1 Å². The maximum atomic E-state index is 11.7. The summed E-state index contributed by atoms with van der Waals surface area (Å²) < 4.78 is 5.02. The number of H-pyrrole nitrogens is 1. The molecule has 3 rings (SSSR count). The van der Waals surface area contributed by atoms with Crippen LogP contribution in [0.25, 0.3) is 11.0 Å². The van der Waals surface area contributed by atoms with Crippen molar-refractivity contribution in [3.05, 3.63) is 70.0 Å². The molecule has 4 N–H and O–H groups in total. The Labute approximate surface area is 158 Å². The minimum Gasteiger partial charge on any atom is -0.445 e. The van der Waals surface area contributed by atoms with Crippen LogP contribution in [0.5, 0.6) is 0 Å². The number of hydrogen-bond acceptors (Lipinski definition) is 7. The molecule has 0 aliphatic carbocycles. The highest BCUT2D eigenvalue weighted by Gasteiger charge is 2.22. The number of aliphatic hydroxyl groups excluding tert-OH is 2. The number of rotatable bonds is 7. The van der Waals surface area contributed by atoms with Gasteiger partial charge in [-0.05, 0) is 11.6 Å². The van der Waals surface area contributed by atoms with Crippen LogP contribution in [0.3, 0.4) is 0 Å². The van der Waals surface area contributed by atoms with Crippen LogP contribution in [0.15, 0.2) is 48.8 Å². The molecule has 2 aromatic heterocycles. The number of fused-ring (bicyclic) bond motifs is 1. The highest BCUT2D eigenvalue weighted by Crippen LogP contribution is 2.27. The highest BCUT2D eigenvalue weighted by atomic mass is 16.6. The summed E-state index contributed by atoms with van der Waals surface area (Å²) in [5.41, 5.74) is 1.10. The summed E-state index contributed by atoms with van der Waals surface area (Å²) in [7, 11) is 0. The molecule has 3 aromatic rings. The van der Waals surface area contributed by atoms with E-state index in [2.05, 4.69) is 15.3 Å². The van der Waals surface area contributed by atoms with Gasteiger partial charge in [-0.2, -0.15) is 0 Å². The Morgan fingerprint density at radius 2 is 2.07 bits per heavy atom. The van der Waals surface area contributed by atoms with E-state index in [9.17, 15) is 25.1 Å². The first-order chi connectivity index (χ1) is 13.5. The Morgan fingerprint density at radius 3 is 2.79 bits per heavy atom. The third-order valence-corrected chi connectivity index (χ3v) is 4.10. The fourth-order valence-corrected chi connectivity index (χ4v) is 2.61. The summed E-state index contributed by atoms with van der Waals surface area (Å²) in [6.07, 6.45) is -1.01. The zero-order valence-corrected chi connectivity index (χ0v) is 14.6. The number of ether oxygens (including phenoxy) is 1. The second-order valence-electron chi connectivity index (χ2n) is 6.05. The number of nitro groups is 1. The quantitative estimate of drug-likeness (QED) is 0.357. The molecule has 146 valence electrons. The number of hydrogen-bond donors (Lipinski definition) is 4. The van der Waals surface area contributed by atoms with E-state index in [1.807, 2.05) is 18.2 Å². The van der Waals surface area contributed by atoms with E-state index < -0.39 is 23.2 Å². The lowest BCUT2D eigenvalue weighted by Crippen LogP contribution is -2.35. The fourth-order valence-electron chi connectivity index (χ4n) is 2.61. The molecular weight excluding hydrogens is 368 g/mol. The van der Waals surface area contributed by atoms with Gasteiger partial charge < -0.3 is 25.3 Å². The van der Waals surface area contributed by atoms with Crippen LogP contribution >= 0.6 is 0 Å². The number of alkyl carbamates (subject to hydrolysis) is 1. The van der Waals surface area contributed by atoms with Crippen molar-refractivity contribution in [3.63, 3.8) is 0 Å². The van der Waals surface area contributed by atoms with Crippen LogP contribution < -0.4 is 5.32 Å². The number of nitrogens with zero attached hydrogens (tertiary/aromatic N) is 2. The van der Waals surface area contributed by atoms with Gasteiger partial charge in [-0.25, -0.2) is 9.78 Å². The lowest BCUT2D eigenvalue weighted by atomic mass is 10.1. The standard InChI is InChI=1S/C18H18N4O6/c23-15(9-21-18(25)28-10-11-4-2-1-3-5-11)16(24)12-6-13-14(22(26)27)8-20-17(13)19-7-12/h1-8,15-16,23-24H,9-10H2,(H,19,20)(H,21,25). The number of aromatic nitrogens is 2. The van der Waals surface area contributed by atoms with Crippen molar-refractivity contribution in [3.8, 4) is 0 Å². The van der Waals surface area contributed by atoms with E-state index in [-0.39, 0.29) is 29.8 Å². The first-order valence-corrected chi connectivity index (χ1v) is 8.38. The van der Waals surface area contributed by atoms with Crippen LogP contribution in [0.1, 0.15) is 17.2 Å². The van der Waals surface area contributed by atoms with E-state index in [4.69, 9.17) is 4.74 Å². The molecule has 0 spiro atoms. The van der Waals surface area contributed by atoms with E-state index in [1.54, 1.807) is 12.1 Å². The number of carbonyl (C=O) groups is 1. The molecule has 10 heteroatoms. The lowest BCUT2D eigenvalue weighted by molar-refractivity contribution is -0.383. The van der Waals surface area contributed by atoms with Gasteiger partial charge in [0.2, 0.25) is 0 Å². The maximum absolute atomic E-state index is 11.7. The predicted octanol–water partition coefficient (Wildman–Crippen LogP) is 1.79. The third kappa shape index (κ3) is 4.42. The van der Waals surface area contributed by atoms with Crippen LogP contribution in [-0.4, -0.2) is 43.8 Å². The van der Waals surface area contributed by atoms with Gasteiger partial charge >= 0.3 is 6.09 Å². The van der Waals surface area contributed by atoms with Gasteiger partial charge in [0.15, 0.2) is 0 Å². The average Bonchev–Trinajstić information content (AvgIpc) is 3.14. The predicted molar refractivity (Wildman–Crippen MR) is 98.3 cm³/mol. The largest absolute Gasteiger partial charge is 0.445 e. The van der Waals surface area contributed by atoms with Crippen LogP contribution in [-0.2, 0) is 11.3 Å². The molecule has 0 saturated carbocycles. The molecule has 2 atom stereocenters. The van der Waals surface area contributed by atoms with Crippen molar-refractivity contribution in [2.24, 2.45) is 0 Å². The minimum absolute atomic E-state index is 0.0725. The molecule has 1 aromatic carbocycles. The normalized spacial score (nSPS) is 13.1. The van der Waals surface area contributed by atoms with Gasteiger partial charge in [0.25, 0.3) is 5.69 Å². The molecule has 0 saturated heterocycles. The Morgan fingerprint density at radius 1 is 1.32 bits per heavy atom. The molecule has 0 bridgehead atoms. The summed E-state index contributed by atoms with van der Waals surface area (Å²) in [6, 6.07) is 10.4. The smallest absolute Gasteiger partial charge is 0.407 e.